The van der Waals surface area contributed by atoms with Gasteiger partial charge in [0.1, 0.15) is 0 Å². The quantitative estimate of drug-likeness (QED) is 0.757. The molecule has 3 aromatic rings. The molecule has 0 bridgehead atoms. The molecular formula is C17H16N2OS2. The lowest BCUT2D eigenvalue weighted by Crippen LogP contribution is -2.14. The van der Waals surface area contributed by atoms with Gasteiger partial charge < -0.3 is 5.32 Å². The van der Waals surface area contributed by atoms with Gasteiger partial charge in [-0.25, -0.2) is 4.98 Å². The van der Waals surface area contributed by atoms with E-state index >= 15 is 0 Å². The van der Waals surface area contributed by atoms with Crippen LogP contribution in [0, 0.1) is 0 Å². The van der Waals surface area contributed by atoms with Gasteiger partial charge in [-0.3, -0.25) is 4.79 Å². The van der Waals surface area contributed by atoms with Crippen LogP contribution in [0.4, 0.5) is 5.13 Å². The van der Waals surface area contributed by atoms with E-state index < -0.39 is 0 Å². The second kappa shape index (κ2) is 6.94. The first-order chi connectivity index (χ1) is 10.8. The van der Waals surface area contributed by atoms with Gasteiger partial charge in [0.25, 0.3) is 0 Å². The van der Waals surface area contributed by atoms with Crippen LogP contribution in [0.15, 0.2) is 47.8 Å². The Bertz CT molecular complexity index is 793. The van der Waals surface area contributed by atoms with Crippen molar-refractivity contribution < 1.29 is 4.79 Å². The highest BCUT2D eigenvalue weighted by Gasteiger charge is 2.09. The van der Waals surface area contributed by atoms with Crippen molar-refractivity contribution >= 4 is 44.9 Å². The van der Waals surface area contributed by atoms with Crippen molar-refractivity contribution in [1.82, 2.24) is 4.98 Å². The minimum atomic E-state index is -0.0265. The van der Waals surface area contributed by atoms with E-state index in [1.165, 1.54) is 11.3 Å². The maximum Gasteiger partial charge on any atom is 0.230 e. The van der Waals surface area contributed by atoms with Crippen LogP contribution in [0.25, 0.3) is 10.8 Å². The van der Waals surface area contributed by atoms with E-state index in [0.717, 1.165) is 27.8 Å². The van der Waals surface area contributed by atoms with Gasteiger partial charge in [-0.15, -0.1) is 11.3 Å². The molecule has 0 saturated carbocycles. The molecule has 1 aromatic heterocycles. The average molecular weight is 328 g/mol. The van der Waals surface area contributed by atoms with E-state index in [1.807, 2.05) is 35.9 Å². The standard InChI is InChI=1S/C17H16N2OS2/c1-21-10-14-11-22-17(18-14)19-16(20)9-13-7-4-6-12-5-2-3-8-15(12)13/h2-8,11H,9-10H2,1H3,(H,18,19,20). The number of carbonyl (C=O) groups excluding carboxylic acids is 1. The molecule has 3 nitrogen and oxygen atoms in total. The van der Waals surface area contributed by atoms with Crippen molar-refractivity contribution in [2.75, 3.05) is 11.6 Å². The van der Waals surface area contributed by atoms with Crippen LogP contribution in [0.5, 0.6) is 0 Å². The Hall–Kier alpha value is -1.85. The summed E-state index contributed by atoms with van der Waals surface area (Å²) in [5, 5.41) is 7.84. The van der Waals surface area contributed by atoms with Crippen LogP contribution in [-0.4, -0.2) is 17.1 Å². The molecule has 0 saturated heterocycles. The van der Waals surface area contributed by atoms with Crippen molar-refractivity contribution in [3.8, 4) is 0 Å². The summed E-state index contributed by atoms with van der Waals surface area (Å²) in [6, 6.07) is 14.2. The first-order valence-electron chi connectivity index (χ1n) is 6.96. The zero-order chi connectivity index (χ0) is 15.4. The number of nitrogens with zero attached hydrogens (tertiary/aromatic N) is 1. The van der Waals surface area contributed by atoms with Crippen LogP contribution in [0.3, 0.4) is 0 Å². The molecule has 112 valence electrons. The number of benzene rings is 2. The molecule has 3 rings (SSSR count). The predicted molar refractivity (Wildman–Crippen MR) is 95.6 cm³/mol. The highest BCUT2D eigenvalue weighted by Crippen LogP contribution is 2.21. The van der Waals surface area contributed by atoms with Crippen LogP contribution >= 0.6 is 23.1 Å². The van der Waals surface area contributed by atoms with Gasteiger partial charge in [0.2, 0.25) is 5.91 Å². The zero-order valence-electron chi connectivity index (χ0n) is 12.2. The summed E-state index contributed by atoms with van der Waals surface area (Å²) in [5.41, 5.74) is 2.05. The summed E-state index contributed by atoms with van der Waals surface area (Å²) in [5.74, 6) is 0.844. The highest BCUT2D eigenvalue weighted by molar-refractivity contribution is 7.97. The molecule has 0 aliphatic heterocycles. The highest BCUT2D eigenvalue weighted by atomic mass is 32.2. The number of hydrogen-bond acceptors (Lipinski definition) is 4. The fourth-order valence-corrected chi connectivity index (χ4v) is 3.64. The number of amides is 1. The number of thiazole rings is 1. The molecule has 0 atom stereocenters. The third-order valence-electron chi connectivity index (χ3n) is 3.32. The van der Waals surface area contributed by atoms with Gasteiger partial charge in [0.15, 0.2) is 5.13 Å². The monoisotopic (exact) mass is 328 g/mol. The number of rotatable bonds is 5. The first kappa shape index (κ1) is 15.1. The largest absolute Gasteiger partial charge is 0.302 e. The minimum Gasteiger partial charge on any atom is -0.302 e. The number of aromatic nitrogens is 1. The molecule has 0 spiro atoms. The lowest BCUT2D eigenvalue weighted by molar-refractivity contribution is -0.115. The maximum atomic E-state index is 12.2. The fraction of sp³-hybridized carbons (Fsp3) is 0.176. The molecule has 0 unspecified atom stereocenters. The Morgan fingerprint density at radius 2 is 2.05 bits per heavy atom. The van der Waals surface area contributed by atoms with Crippen molar-refractivity contribution in [2.24, 2.45) is 0 Å². The molecule has 5 heteroatoms. The van der Waals surface area contributed by atoms with E-state index in [-0.39, 0.29) is 5.91 Å². The lowest BCUT2D eigenvalue weighted by atomic mass is 10.0. The Labute approximate surface area is 137 Å². The first-order valence-corrected chi connectivity index (χ1v) is 9.23. The summed E-state index contributed by atoms with van der Waals surface area (Å²) in [4.78, 5) is 16.7. The molecule has 0 aliphatic rings. The van der Waals surface area contributed by atoms with Crippen molar-refractivity contribution in [2.45, 2.75) is 12.2 Å². The van der Waals surface area contributed by atoms with Gasteiger partial charge in [0.05, 0.1) is 12.1 Å². The summed E-state index contributed by atoms with van der Waals surface area (Å²) >= 11 is 3.20. The van der Waals surface area contributed by atoms with Crippen LogP contribution in [-0.2, 0) is 17.0 Å². The zero-order valence-corrected chi connectivity index (χ0v) is 13.8. The van der Waals surface area contributed by atoms with Crippen LogP contribution in [0.2, 0.25) is 0 Å². The topological polar surface area (TPSA) is 42.0 Å². The number of anilines is 1. The summed E-state index contributed by atoms with van der Waals surface area (Å²) in [7, 11) is 0. The molecule has 1 N–H and O–H groups in total. The summed E-state index contributed by atoms with van der Waals surface area (Å²) in [6.07, 6.45) is 2.40. The van der Waals surface area contributed by atoms with Gasteiger partial charge in [-0.05, 0) is 22.6 Å². The lowest BCUT2D eigenvalue weighted by Gasteiger charge is -2.06. The smallest absolute Gasteiger partial charge is 0.230 e. The Morgan fingerprint density at radius 3 is 2.91 bits per heavy atom. The molecule has 22 heavy (non-hydrogen) atoms. The van der Waals surface area contributed by atoms with E-state index in [0.29, 0.717) is 11.6 Å². The van der Waals surface area contributed by atoms with Crippen molar-refractivity contribution in [3.05, 3.63) is 59.1 Å². The number of fused-ring (bicyclic) bond motifs is 1. The molecule has 1 heterocycles. The fourth-order valence-electron chi connectivity index (χ4n) is 2.36. The van der Waals surface area contributed by atoms with Crippen molar-refractivity contribution in [3.63, 3.8) is 0 Å². The molecular weight excluding hydrogens is 312 g/mol. The van der Waals surface area contributed by atoms with Gasteiger partial charge in [0, 0.05) is 11.1 Å². The molecule has 0 radical (unpaired) electrons. The van der Waals surface area contributed by atoms with E-state index in [9.17, 15) is 4.79 Å². The van der Waals surface area contributed by atoms with Gasteiger partial charge >= 0.3 is 0 Å². The number of nitrogens with one attached hydrogen (secondary N) is 1. The number of carbonyl (C=O) groups is 1. The SMILES string of the molecule is CSCc1csc(NC(=O)Cc2cccc3ccccc23)n1. The Morgan fingerprint density at radius 1 is 1.23 bits per heavy atom. The summed E-state index contributed by atoms with van der Waals surface area (Å²) in [6.45, 7) is 0. The third kappa shape index (κ3) is 3.48. The maximum absolute atomic E-state index is 12.2. The Balaban J connectivity index is 1.72. The van der Waals surface area contributed by atoms with E-state index in [2.05, 4.69) is 28.5 Å². The minimum absolute atomic E-state index is 0.0265. The number of thioether (sulfide) groups is 1. The summed E-state index contributed by atoms with van der Waals surface area (Å²) < 4.78 is 0. The second-order valence-corrected chi connectivity index (χ2v) is 6.66. The molecule has 0 aliphatic carbocycles. The Kier molecular flexibility index (Phi) is 4.75. The molecule has 0 fully saturated rings. The molecule has 2 aromatic carbocycles. The average Bonchev–Trinajstić information content (AvgIpc) is 2.95. The van der Waals surface area contributed by atoms with Crippen LogP contribution in [0.1, 0.15) is 11.3 Å². The molecule has 1 amide bonds. The second-order valence-electron chi connectivity index (χ2n) is 4.94. The van der Waals surface area contributed by atoms with Crippen molar-refractivity contribution in [1.29, 1.82) is 0 Å². The van der Waals surface area contributed by atoms with Gasteiger partial charge in [-0.2, -0.15) is 11.8 Å². The third-order valence-corrected chi connectivity index (χ3v) is 4.71. The number of hydrogen-bond donors (Lipinski definition) is 1. The van der Waals surface area contributed by atoms with E-state index in [1.54, 1.807) is 11.8 Å². The van der Waals surface area contributed by atoms with Gasteiger partial charge in [-0.1, -0.05) is 42.5 Å². The normalized spacial score (nSPS) is 10.8. The predicted octanol–water partition coefficient (Wildman–Crippen LogP) is 4.34. The van der Waals surface area contributed by atoms with Crippen LogP contribution < -0.4 is 5.32 Å². The van der Waals surface area contributed by atoms with E-state index in [4.69, 9.17) is 0 Å².